The summed E-state index contributed by atoms with van der Waals surface area (Å²) in [5, 5.41) is 10.4. The van der Waals surface area contributed by atoms with Crippen molar-refractivity contribution in [2.75, 3.05) is 0 Å². The molecule has 0 atom stereocenters. The minimum absolute atomic E-state index is 0.0338. The van der Waals surface area contributed by atoms with Crippen LogP contribution in [0.1, 0.15) is 21.7 Å². The summed E-state index contributed by atoms with van der Waals surface area (Å²) in [6.45, 7) is -0.287. The van der Waals surface area contributed by atoms with Crippen LogP contribution in [0.4, 0.5) is 13.2 Å². The van der Waals surface area contributed by atoms with Crippen LogP contribution in [0.25, 0.3) is 11.1 Å². The summed E-state index contributed by atoms with van der Waals surface area (Å²) < 4.78 is 41.6. The van der Waals surface area contributed by atoms with Gasteiger partial charge in [-0.1, -0.05) is 47.5 Å². The van der Waals surface area contributed by atoms with E-state index in [9.17, 15) is 23.1 Å². The van der Waals surface area contributed by atoms with Crippen molar-refractivity contribution in [1.29, 1.82) is 0 Å². The molecule has 0 saturated heterocycles. The monoisotopic (exact) mass is 413 g/mol. The van der Waals surface area contributed by atoms with E-state index in [1.54, 1.807) is 18.2 Å². The summed E-state index contributed by atoms with van der Waals surface area (Å²) in [5.74, 6) is -1.46. The molecule has 3 rings (SSSR count). The first kappa shape index (κ1) is 19.3. The van der Waals surface area contributed by atoms with E-state index in [1.807, 2.05) is 0 Å². The molecule has 0 fully saturated rings. The van der Waals surface area contributed by atoms with E-state index in [0.717, 1.165) is 10.6 Å². The van der Waals surface area contributed by atoms with Crippen LogP contribution in [0.3, 0.4) is 0 Å². The van der Waals surface area contributed by atoms with Crippen LogP contribution in [0.2, 0.25) is 10.0 Å². The molecule has 8 heteroatoms. The van der Waals surface area contributed by atoms with Gasteiger partial charge in [0.2, 0.25) is 0 Å². The number of alkyl halides is 3. The normalized spacial score (nSPS) is 11.6. The van der Waals surface area contributed by atoms with Crippen LogP contribution in [0.15, 0.2) is 54.6 Å². The smallest absolute Gasteiger partial charge is 0.431 e. The zero-order chi connectivity index (χ0) is 19.8. The van der Waals surface area contributed by atoms with Gasteiger partial charge >= 0.3 is 12.1 Å². The zero-order valence-corrected chi connectivity index (χ0v) is 15.1. The first-order valence-electron chi connectivity index (χ1n) is 7.71. The molecule has 140 valence electrons. The number of halogens is 5. The van der Waals surface area contributed by atoms with Gasteiger partial charge in [0.25, 0.3) is 0 Å². The molecule has 0 aliphatic heterocycles. The molecule has 0 aliphatic carbocycles. The Balaban J connectivity index is 2.23. The van der Waals surface area contributed by atoms with Crippen LogP contribution in [-0.2, 0) is 12.7 Å². The minimum atomic E-state index is -4.73. The maximum atomic E-state index is 13.6. The first-order valence-corrected chi connectivity index (χ1v) is 8.47. The molecule has 2 aromatic carbocycles. The van der Waals surface area contributed by atoms with E-state index in [0.29, 0.717) is 21.2 Å². The highest BCUT2D eigenvalue weighted by Crippen LogP contribution is 2.37. The Labute approximate surface area is 162 Å². The van der Waals surface area contributed by atoms with E-state index < -0.39 is 23.5 Å². The first-order chi connectivity index (χ1) is 12.7. The molecule has 0 amide bonds. The number of hydrogen-bond donors (Lipinski definition) is 1. The quantitative estimate of drug-likeness (QED) is 0.550. The molecule has 0 spiro atoms. The van der Waals surface area contributed by atoms with Crippen molar-refractivity contribution in [3.05, 3.63) is 81.6 Å². The van der Waals surface area contributed by atoms with E-state index in [-0.39, 0.29) is 12.1 Å². The van der Waals surface area contributed by atoms with Crippen molar-refractivity contribution in [3.8, 4) is 11.1 Å². The van der Waals surface area contributed by atoms with Gasteiger partial charge in [-0.25, -0.2) is 4.79 Å². The van der Waals surface area contributed by atoms with Crippen molar-refractivity contribution < 1.29 is 23.1 Å². The zero-order valence-electron chi connectivity index (χ0n) is 13.6. The number of nitrogens with zero attached hydrogens (tertiary/aromatic N) is 1. The van der Waals surface area contributed by atoms with Crippen LogP contribution >= 0.6 is 23.2 Å². The molecular weight excluding hydrogens is 402 g/mol. The summed E-state index contributed by atoms with van der Waals surface area (Å²) in [6.07, 6.45) is -4.73. The molecule has 3 nitrogen and oxygen atoms in total. The van der Waals surface area contributed by atoms with Crippen molar-refractivity contribution in [2.45, 2.75) is 12.7 Å². The highest BCUT2D eigenvalue weighted by atomic mass is 35.5. The number of carboxylic acid groups (broad SMARTS) is 1. The van der Waals surface area contributed by atoms with Gasteiger partial charge in [-0.05, 0) is 41.5 Å². The van der Waals surface area contributed by atoms with Gasteiger partial charge in [0.05, 0.1) is 0 Å². The summed E-state index contributed by atoms with van der Waals surface area (Å²) in [4.78, 5) is 11.8. The lowest BCUT2D eigenvalue weighted by atomic mass is 10.1. The molecule has 1 aromatic heterocycles. The third kappa shape index (κ3) is 4.12. The van der Waals surface area contributed by atoms with Crippen molar-refractivity contribution in [2.24, 2.45) is 0 Å². The number of benzene rings is 2. The fourth-order valence-corrected chi connectivity index (χ4v) is 3.18. The van der Waals surface area contributed by atoms with E-state index in [4.69, 9.17) is 23.2 Å². The van der Waals surface area contributed by atoms with Crippen molar-refractivity contribution >= 4 is 29.2 Å². The highest BCUT2D eigenvalue weighted by Gasteiger charge is 2.38. The van der Waals surface area contributed by atoms with Crippen LogP contribution < -0.4 is 0 Å². The van der Waals surface area contributed by atoms with Crippen LogP contribution in [0.5, 0.6) is 0 Å². The summed E-state index contributed by atoms with van der Waals surface area (Å²) in [7, 11) is 0. The average molecular weight is 414 g/mol. The third-order valence-corrected chi connectivity index (χ3v) is 4.46. The fraction of sp³-hybridized carbons (Fsp3) is 0.105. The molecule has 0 bridgehead atoms. The lowest BCUT2D eigenvalue weighted by Crippen LogP contribution is -2.18. The Kier molecular flexibility index (Phi) is 5.22. The van der Waals surface area contributed by atoms with E-state index >= 15 is 0 Å². The van der Waals surface area contributed by atoms with Crippen molar-refractivity contribution in [3.63, 3.8) is 0 Å². The topological polar surface area (TPSA) is 42.2 Å². The van der Waals surface area contributed by atoms with Gasteiger partial charge in [0.15, 0.2) is 0 Å². The van der Waals surface area contributed by atoms with Gasteiger partial charge in [-0.2, -0.15) is 13.2 Å². The minimum Gasteiger partial charge on any atom is -0.477 e. The second-order valence-electron chi connectivity index (χ2n) is 5.82. The maximum Gasteiger partial charge on any atom is 0.431 e. The SMILES string of the molecule is O=C(O)c1c(-c2ccc(Cl)cc2)cc(C(F)(F)F)n1Cc1cccc(Cl)c1. The Morgan fingerprint density at radius 2 is 1.67 bits per heavy atom. The van der Waals surface area contributed by atoms with Gasteiger partial charge in [-0.3, -0.25) is 0 Å². The standard InChI is InChI=1S/C19H12Cl2F3NO2/c20-13-6-4-12(5-7-13)15-9-16(19(22,23)24)25(17(15)18(26)27)10-11-2-1-3-14(21)8-11/h1-9H,10H2,(H,26,27). The summed E-state index contributed by atoms with van der Waals surface area (Å²) in [6, 6.07) is 13.0. The fourth-order valence-electron chi connectivity index (χ4n) is 2.85. The second-order valence-corrected chi connectivity index (χ2v) is 6.69. The average Bonchev–Trinajstić information content (AvgIpc) is 2.95. The van der Waals surface area contributed by atoms with Gasteiger partial charge in [-0.15, -0.1) is 0 Å². The number of hydrogen-bond acceptors (Lipinski definition) is 1. The third-order valence-electron chi connectivity index (χ3n) is 3.97. The molecule has 0 unspecified atom stereocenters. The van der Waals surface area contributed by atoms with Crippen LogP contribution in [0, 0.1) is 0 Å². The number of aromatic nitrogens is 1. The Morgan fingerprint density at radius 3 is 2.22 bits per heavy atom. The molecule has 0 aliphatic rings. The Hall–Kier alpha value is -2.44. The molecule has 0 saturated carbocycles. The van der Waals surface area contributed by atoms with E-state index in [1.165, 1.54) is 30.3 Å². The summed E-state index contributed by atoms with van der Waals surface area (Å²) in [5.41, 5.74) is -0.760. The number of rotatable bonds is 4. The predicted octanol–water partition coefficient (Wildman–Crippen LogP) is 6.23. The molecule has 0 radical (unpaired) electrons. The molecule has 27 heavy (non-hydrogen) atoms. The number of carboxylic acids is 1. The second kappa shape index (κ2) is 7.29. The lowest BCUT2D eigenvalue weighted by Gasteiger charge is -2.14. The predicted molar refractivity (Wildman–Crippen MR) is 97.4 cm³/mol. The summed E-state index contributed by atoms with van der Waals surface area (Å²) >= 11 is 11.7. The van der Waals surface area contributed by atoms with Crippen molar-refractivity contribution in [1.82, 2.24) is 4.57 Å². The Morgan fingerprint density at radius 1 is 1.00 bits per heavy atom. The highest BCUT2D eigenvalue weighted by molar-refractivity contribution is 6.30. The lowest BCUT2D eigenvalue weighted by molar-refractivity contribution is -0.143. The van der Waals surface area contributed by atoms with Crippen LogP contribution in [-0.4, -0.2) is 15.6 Å². The van der Waals surface area contributed by atoms with Gasteiger partial charge in [0, 0.05) is 22.2 Å². The molecular formula is C19H12Cl2F3NO2. The van der Waals surface area contributed by atoms with Gasteiger partial charge < -0.3 is 9.67 Å². The molecule has 1 N–H and O–H groups in total. The Bertz CT molecular complexity index is 995. The maximum absolute atomic E-state index is 13.6. The van der Waals surface area contributed by atoms with Gasteiger partial charge in [0.1, 0.15) is 11.4 Å². The number of carbonyl (C=O) groups is 1. The molecule has 3 aromatic rings. The largest absolute Gasteiger partial charge is 0.477 e. The number of aromatic carboxylic acids is 1. The molecule has 1 heterocycles. The van der Waals surface area contributed by atoms with E-state index in [2.05, 4.69) is 0 Å².